The molecule has 0 unspecified atom stereocenters. The first-order valence-electron chi connectivity index (χ1n) is 7.57. The number of hydrogen-bond acceptors (Lipinski definition) is 5. The molecule has 2 fully saturated rings. The number of anilines is 1. The molecule has 1 saturated heterocycles. The number of nitrogens with zero attached hydrogens (tertiary/aromatic N) is 5. The molecule has 2 aromatic rings. The fourth-order valence-electron chi connectivity index (χ4n) is 3.05. The van der Waals surface area contributed by atoms with Crippen molar-refractivity contribution >= 4 is 26.9 Å². The average Bonchev–Trinajstić information content (AvgIpc) is 3.33. The number of aryl methyl sites for hydroxylation is 1. The standard InChI is InChI=1S/C14H19N5O2S/c1-17-5-4-12-13(17)15-10-16-14(12)18-6-8-19(9-7-18)22(20,21)11-2-3-11/h4-5,10-11H,2-3,6-9H2,1H3. The molecule has 0 bridgehead atoms. The highest BCUT2D eigenvalue weighted by atomic mass is 32.2. The minimum Gasteiger partial charge on any atom is -0.353 e. The molecule has 0 aromatic carbocycles. The lowest BCUT2D eigenvalue weighted by Gasteiger charge is -2.34. The first kappa shape index (κ1) is 14.0. The molecule has 1 aliphatic heterocycles. The van der Waals surface area contributed by atoms with E-state index in [1.165, 1.54) is 0 Å². The van der Waals surface area contributed by atoms with Crippen LogP contribution in [-0.2, 0) is 17.1 Å². The quantitative estimate of drug-likeness (QED) is 0.827. The average molecular weight is 321 g/mol. The van der Waals surface area contributed by atoms with Gasteiger partial charge in [-0.1, -0.05) is 0 Å². The van der Waals surface area contributed by atoms with Gasteiger partial charge in [0.25, 0.3) is 0 Å². The van der Waals surface area contributed by atoms with E-state index in [9.17, 15) is 8.42 Å². The van der Waals surface area contributed by atoms with Gasteiger partial charge in [0, 0.05) is 39.4 Å². The van der Waals surface area contributed by atoms with E-state index < -0.39 is 10.0 Å². The van der Waals surface area contributed by atoms with Gasteiger partial charge in [-0.05, 0) is 18.9 Å². The van der Waals surface area contributed by atoms with Crippen LogP contribution in [0.1, 0.15) is 12.8 Å². The molecule has 0 atom stereocenters. The topological polar surface area (TPSA) is 71.3 Å². The van der Waals surface area contributed by atoms with Crippen LogP contribution in [0.2, 0.25) is 0 Å². The molecule has 22 heavy (non-hydrogen) atoms. The van der Waals surface area contributed by atoms with Crippen molar-refractivity contribution in [3.05, 3.63) is 18.6 Å². The Morgan fingerprint density at radius 1 is 1.14 bits per heavy atom. The zero-order valence-electron chi connectivity index (χ0n) is 12.5. The van der Waals surface area contributed by atoms with E-state index in [-0.39, 0.29) is 5.25 Å². The van der Waals surface area contributed by atoms with Crippen molar-refractivity contribution in [3.63, 3.8) is 0 Å². The van der Waals surface area contributed by atoms with Crippen LogP contribution in [0.15, 0.2) is 18.6 Å². The molecule has 0 radical (unpaired) electrons. The SMILES string of the molecule is Cn1ccc2c(N3CCN(S(=O)(=O)C4CC4)CC3)ncnc21. The normalized spacial score (nSPS) is 20.7. The summed E-state index contributed by atoms with van der Waals surface area (Å²) in [6.07, 6.45) is 5.18. The van der Waals surface area contributed by atoms with Gasteiger partial charge in [0.15, 0.2) is 0 Å². The Balaban J connectivity index is 1.56. The predicted octanol–water partition coefficient (Wildman–Crippen LogP) is 0.582. The summed E-state index contributed by atoms with van der Waals surface area (Å²) >= 11 is 0. The van der Waals surface area contributed by atoms with Crippen LogP contribution in [-0.4, -0.2) is 58.7 Å². The fourth-order valence-corrected chi connectivity index (χ4v) is 4.87. The lowest BCUT2D eigenvalue weighted by atomic mass is 10.3. The van der Waals surface area contributed by atoms with Crippen LogP contribution < -0.4 is 4.90 Å². The third kappa shape index (κ3) is 2.17. The smallest absolute Gasteiger partial charge is 0.217 e. The van der Waals surface area contributed by atoms with E-state index in [0.717, 1.165) is 29.7 Å². The summed E-state index contributed by atoms with van der Waals surface area (Å²) in [4.78, 5) is 10.9. The summed E-state index contributed by atoms with van der Waals surface area (Å²) in [5.41, 5.74) is 0.901. The van der Waals surface area contributed by atoms with Gasteiger partial charge in [-0.2, -0.15) is 4.31 Å². The van der Waals surface area contributed by atoms with E-state index in [0.29, 0.717) is 26.2 Å². The van der Waals surface area contributed by atoms with E-state index in [2.05, 4.69) is 14.9 Å². The molecule has 2 aromatic heterocycles. The molecular weight excluding hydrogens is 302 g/mol. The molecule has 7 nitrogen and oxygen atoms in total. The predicted molar refractivity (Wildman–Crippen MR) is 84.2 cm³/mol. The summed E-state index contributed by atoms with van der Waals surface area (Å²) in [5.74, 6) is 0.897. The van der Waals surface area contributed by atoms with E-state index in [4.69, 9.17) is 0 Å². The monoisotopic (exact) mass is 321 g/mol. The molecule has 2 aliphatic rings. The van der Waals surface area contributed by atoms with Crippen molar-refractivity contribution in [2.24, 2.45) is 7.05 Å². The third-order valence-corrected chi connectivity index (χ3v) is 6.88. The largest absolute Gasteiger partial charge is 0.353 e. The Hall–Kier alpha value is -1.67. The van der Waals surface area contributed by atoms with Crippen LogP contribution in [0.3, 0.4) is 0 Å². The minimum absolute atomic E-state index is 0.126. The summed E-state index contributed by atoms with van der Waals surface area (Å²) < 4.78 is 28.2. The Bertz CT molecular complexity index is 804. The van der Waals surface area contributed by atoms with Gasteiger partial charge in [0.05, 0.1) is 10.6 Å². The fraction of sp³-hybridized carbons (Fsp3) is 0.571. The molecule has 0 N–H and O–H groups in total. The summed E-state index contributed by atoms with van der Waals surface area (Å²) in [5, 5.41) is 0.891. The van der Waals surface area contributed by atoms with Crippen molar-refractivity contribution < 1.29 is 8.42 Å². The highest BCUT2D eigenvalue weighted by Crippen LogP contribution is 2.32. The highest BCUT2D eigenvalue weighted by Gasteiger charge is 2.41. The van der Waals surface area contributed by atoms with Gasteiger partial charge in [0.1, 0.15) is 17.8 Å². The van der Waals surface area contributed by atoms with Gasteiger partial charge in [0.2, 0.25) is 10.0 Å². The lowest BCUT2D eigenvalue weighted by Crippen LogP contribution is -2.49. The maximum Gasteiger partial charge on any atom is 0.217 e. The van der Waals surface area contributed by atoms with E-state index in [1.807, 2.05) is 23.9 Å². The van der Waals surface area contributed by atoms with Gasteiger partial charge in [-0.25, -0.2) is 18.4 Å². The Kier molecular flexibility index (Phi) is 3.12. The van der Waals surface area contributed by atoms with Crippen LogP contribution in [0.5, 0.6) is 0 Å². The van der Waals surface area contributed by atoms with Gasteiger partial charge >= 0.3 is 0 Å². The summed E-state index contributed by atoms with van der Waals surface area (Å²) in [6.45, 7) is 2.42. The molecule has 0 amide bonds. The molecule has 118 valence electrons. The first-order chi connectivity index (χ1) is 10.6. The Morgan fingerprint density at radius 3 is 2.55 bits per heavy atom. The van der Waals surface area contributed by atoms with Crippen LogP contribution >= 0.6 is 0 Å². The summed E-state index contributed by atoms with van der Waals surface area (Å²) in [6, 6.07) is 2.01. The first-order valence-corrected chi connectivity index (χ1v) is 9.07. The van der Waals surface area contributed by atoms with Crippen LogP contribution in [0.4, 0.5) is 5.82 Å². The summed E-state index contributed by atoms with van der Waals surface area (Å²) in [7, 11) is -1.11. The van der Waals surface area contributed by atoms with Crippen molar-refractivity contribution in [1.29, 1.82) is 0 Å². The van der Waals surface area contributed by atoms with E-state index in [1.54, 1.807) is 10.6 Å². The molecule has 1 aliphatic carbocycles. The van der Waals surface area contributed by atoms with Crippen molar-refractivity contribution in [2.45, 2.75) is 18.1 Å². The Morgan fingerprint density at radius 2 is 1.86 bits per heavy atom. The van der Waals surface area contributed by atoms with E-state index >= 15 is 0 Å². The van der Waals surface area contributed by atoms with Gasteiger partial charge < -0.3 is 9.47 Å². The molecule has 3 heterocycles. The molecule has 4 rings (SSSR count). The zero-order valence-corrected chi connectivity index (χ0v) is 13.3. The lowest BCUT2D eigenvalue weighted by molar-refractivity contribution is 0.383. The molecule has 8 heteroatoms. The maximum absolute atomic E-state index is 12.3. The minimum atomic E-state index is -3.06. The maximum atomic E-state index is 12.3. The highest BCUT2D eigenvalue weighted by molar-refractivity contribution is 7.90. The van der Waals surface area contributed by atoms with Gasteiger partial charge in [-0.15, -0.1) is 0 Å². The Labute approximate surface area is 129 Å². The van der Waals surface area contributed by atoms with Crippen LogP contribution in [0.25, 0.3) is 11.0 Å². The number of aromatic nitrogens is 3. The third-order valence-electron chi connectivity index (χ3n) is 4.48. The molecular formula is C14H19N5O2S. The van der Waals surface area contributed by atoms with Gasteiger partial charge in [-0.3, -0.25) is 0 Å². The number of sulfonamides is 1. The second-order valence-electron chi connectivity index (χ2n) is 5.99. The molecule has 0 spiro atoms. The number of hydrogen-bond donors (Lipinski definition) is 0. The second-order valence-corrected chi connectivity index (χ2v) is 8.20. The zero-order chi connectivity index (χ0) is 15.3. The van der Waals surface area contributed by atoms with Crippen molar-refractivity contribution in [1.82, 2.24) is 18.8 Å². The second kappa shape index (κ2) is 4.92. The number of piperazine rings is 1. The number of fused-ring (bicyclic) bond motifs is 1. The molecule has 1 saturated carbocycles. The number of rotatable bonds is 3. The van der Waals surface area contributed by atoms with Crippen molar-refractivity contribution in [3.8, 4) is 0 Å². The van der Waals surface area contributed by atoms with Crippen molar-refractivity contribution in [2.75, 3.05) is 31.1 Å². The van der Waals surface area contributed by atoms with Crippen LogP contribution in [0, 0.1) is 0 Å².